The molecule has 0 aliphatic carbocycles. The number of rotatable bonds is 10. The van der Waals surface area contributed by atoms with Gasteiger partial charge in [0.05, 0.1) is 11.5 Å². The molecule has 0 radical (unpaired) electrons. The van der Waals surface area contributed by atoms with E-state index in [0.29, 0.717) is 17.5 Å². The molecule has 0 fully saturated rings. The second-order valence-electron chi connectivity index (χ2n) is 6.47. The van der Waals surface area contributed by atoms with Crippen LogP contribution in [0.1, 0.15) is 36.8 Å². The van der Waals surface area contributed by atoms with Crippen molar-refractivity contribution in [1.82, 2.24) is 0 Å². The maximum absolute atomic E-state index is 13.2. The van der Waals surface area contributed by atoms with Crippen LogP contribution >= 0.6 is 0 Å². The first-order chi connectivity index (χ1) is 13.1. The zero-order chi connectivity index (χ0) is 20.8. The van der Waals surface area contributed by atoms with Gasteiger partial charge in [-0.15, -0.1) is 0 Å². The van der Waals surface area contributed by atoms with Crippen molar-refractivity contribution in [2.24, 2.45) is 0 Å². The molecule has 8 heteroatoms. The molecule has 0 saturated heterocycles. The molecule has 28 heavy (non-hydrogen) atoms. The smallest absolute Gasteiger partial charge is 0.428 e. The van der Waals surface area contributed by atoms with E-state index in [2.05, 4.69) is 4.74 Å². The molecule has 2 rings (SSSR count). The molecule has 0 aliphatic heterocycles. The van der Waals surface area contributed by atoms with Gasteiger partial charge in [-0.25, -0.2) is 8.42 Å². The fourth-order valence-electron chi connectivity index (χ4n) is 2.77. The fourth-order valence-corrected chi connectivity index (χ4v) is 4.56. The van der Waals surface area contributed by atoms with Crippen LogP contribution in [0.5, 0.6) is 5.75 Å². The van der Waals surface area contributed by atoms with Crippen LogP contribution in [0.15, 0.2) is 54.6 Å². The highest BCUT2D eigenvalue weighted by molar-refractivity contribution is 7.91. The van der Waals surface area contributed by atoms with E-state index in [9.17, 15) is 26.0 Å². The third-order valence-electron chi connectivity index (χ3n) is 4.20. The third-order valence-corrected chi connectivity index (χ3v) is 5.95. The SMILES string of the molecule is CCCCS(=O)(=O)CC(c1ccccc1)c1cccc(OC(F)(F)C(F)F)c1. The van der Waals surface area contributed by atoms with E-state index in [1.807, 2.05) is 6.92 Å². The molecule has 0 aliphatic rings. The van der Waals surface area contributed by atoms with E-state index in [1.54, 1.807) is 36.4 Å². The normalized spacial score (nSPS) is 13.5. The Bertz CT molecular complexity index is 855. The van der Waals surface area contributed by atoms with E-state index in [-0.39, 0.29) is 11.5 Å². The van der Waals surface area contributed by atoms with Gasteiger partial charge in [-0.2, -0.15) is 17.6 Å². The summed E-state index contributed by atoms with van der Waals surface area (Å²) in [5.41, 5.74) is 1.08. The first-order valence-electron chi connectivity index (χ1n) is 8.85. The Morgan fingerprint density at radius 2 is 1.64 bits per heavy atom. The summed E-state index contributed by atoms with van der Waals surface area (Å²) < 4.78 is 80.4. The number of alkyl halides is 4. The van der Waals surface area contributed by atoms with Crippen molar-refractivity contribution in [3.8, 4) is 5.75 Å². The largest absolute Gasteiger partial charge is 0.461 e. The summed E-state index contributed by atoms with van der Waals surface area (Å²) in [5, 5.41) is 0. The van der Waals surface area contributed by atoms with Gasteiger partial charge in [0.2, 0.25) is 0 Å². The van der Waals surface area contributed by atoms with Crippen LogP contribution in [0.3, 0.4) is 0 Å². The molecule has 0 bridgehead atoms. The fraction of sp³-hybridized carbons (Fsp3) is 0.400. The van der Waals surface area contributed by atoms with E-state index in [0.717, 1.165) is 12.5 Å². The Hall–Kier alpha value is -2.09. The van der Waals surface area contributed by atoms with E-state index in [4.69, 9.17) is 0 Å². The zero-order valence-corrected chi connectivity index (χ0v) is 16.1. The molecular weight excluding hydrogens is 396 g/mol. The Balaban J connectivity index is 2.37. The molecule has 0 saturated carbocycles. The van der Waals surface area contributed by atoms with Gasteiger partial charge in [0, 0.05) is 5.92 Å². The summed E-state index contributed by atoms with van der Waals surface area (Å²) in [6.07, 6.45) is -7.36. The average molecular weight is 418 g/mol. The van der Waals surface area contributed by atoms with Crippen molar-refractivity contribution in [2.75, 3.05) is 11.5 Å². The predicted molar refractivity (Wildman–Crippen MR) is 99.9 cm³/mol. The highest BCUT2D eigenvalue weighted by atomic mass is 32.2. The van der Waals surface area contributed by atoms with E-state index >= 15 is 0 Å². The van der Waals surface area contributed by atoms with Crippen LogP contribution in [-0.4, -0.2) is 32.5 Å². The summed E-state index contributed by atoms with van der Waals surface area (Å²) in [4.78, 5) is 0. The molecule has 0 aromatic heterocycles. The number of halogens is 4. The summed E-state index contributed by atoms with van der Waals surface area (Å²) in [6.45, 7) is 1.88. The summed E-state index contributed by atoms with van der Waals surface area (Å²) >= 11 is 0. The van der Waals surface area contributed by atoms with Crippen LogP contribution < -0.4 is 4.74 Å². The van der Waals surface area contributed by atoms with Gasteiger partial charge < -0.3 is 4.74 Å². The lowest BCUT2D eigenvalue weighted by molar-refractivity contribution is -0.253. The summed E-state index contributed by atoms with van der Waals surface area (Å²) in [7, 11) is -3.41. The number of benzene rings is 2. The van der Waals surface area contributed by atoms with Crippen LogP contribution in [0.2, 0.25) is 0 Å². The first-order valence-corrected chi connectivity index (χ1v) is 10.7. The highest BCUT2D eigenvalue weighted by Gasteiger charge is 2.44. The van der Waals surface area contributed by atoms with Crippen molar-refractivity contribution >= 4 is 9.84 Å². The predicted octanol–water partition coefficient (Wildman–Crippen LogP) is 5.27. The van der Waals surface area contributed by atoms with Gasteiger partial charge in [-0.1, -0.05) is 55.8 Å². The van der Waals surface area contributed by atoms with Gasteiger partial charge in [-0.3, -0.25) is 0 Å². The maximum atomic E-state index is 13.2. The lowest BCUT2D eigenvalue weighted by Gasteiger charge is -2.21. The van der Waals surface area contributed by atoms with Crippen molar-refractivity contribution in [1.29, 1.82) is 0 Å². The molecule has 0 heterocycles. The maximum Gasteiger partial charge on any atom is 0.461 e. The van der Waals surface area contributed by atoms with Crippen LogP contribution in [0, 0.1) is 0 Å². The van der Waals surface area contributed by atoms with Crippen molar-refractivity contribution in [2.45, 2.75) is 38.2 Å². The quantitative estimate of drug-likeness (QED) is 0.494. The minimum Gasteiger partial charge on any atom is -0.428 e. The third kappa shape index (κ3) is 6.22. The molecule has 154 valence electrons. The van der Waals surface area contributed by atoms with Crippen LogP contribution in [0.25, 0.3) is 0 Å². The average Bonchev–Trinajstić information content (AvgIpc) is 2.65. The number of unbranched alkanes of at least 4 members (excludes halogenated alkanes) is 1. The van der Waals surface area contributed by atoms with Crippen molar-refractivity contribution < 1.29 is 30.7 Å². The molecule has 1 unspecified atom stereocenters. The minimum atomic E-state index is -4.63. The number of ether oxygens (including phenoxy) is 1. The molecule has 0 amide bonds. The van der Waals surface area contributed by atoms with Crippen LogP contribution in [-0.2, 0) is 9.84 Å². The summed E-state index contributed by atoms with van der Waals surface area (Å²) in [5.74, 6) is -1.28. The molecule has 3 nitrogen and oxygen atoms in total. The van der Waals surface area contributed by atoms with Gasteiger partial charge in [0.25, 0.3) is 0 Å². The Morgan fingerprint density at radius 1 is 1.00 bits per heavy atom. The van der Waals surface area contributed by atoms with Gasteiger partial charge >= 0.3 is 12.5 Å². The Labute approximate surface area is 162 Å². The molecular formula is C20H22F4O3S. The highest BCUT2D eigenvalue weighted by Crippen LogP contribution is 2.32. The first kappa shape index (κ1) is 22.2. The monoisotopic (exact) mass is 418 g/mol. The number of hydrogen-bond acceptors (Lipinski definition) is 3. The van der Waals surface area contributed by atoms with Crippen molar-refractivity contribution in [3.63, 3.8) is 0 Å². The minimum absolute atomic E-state index is 0.0203. The van der Waals surface area contributed by atoms with E-state index < -0.39 is 34.0 Å². The number of sulfone groups is 1. The topological polar surface area (TPSA) is 43.4 Å². The lowest BCUT2D eigenvalue weighted by atomic mass is 9.93. The van der Waals surface area contributed by atoms with Gasteiger partial charge in [0.1, 0.15) is 5.75 Å². The van der Waals surface area contributed by atoms with Crippen LogP contribution in [0.4, 0.5) is 17.6 Å². The van der Waals surface area contributed by atoms with E-state index in [1.165, 1.54) is 12.1 Å². The second kappa shape index (κ2) is 9.41. The van der Waals surface area contributed by atoms with Crippen molar-refractivity contribution in [3.05, 3.63) is 65.7 Å². The molecule has 2 aromatic rings. The van der Waals surface area contributed by atoms with Gasteiger partial charge in [0.15, 0.2) is 9.84 Å². The standard InChI is InChI=1S/C20H22F4O3S/c1-2-3-12-28(25,26)14-18(15-8-5-4-6-9-15)16-10-7-11-17(13-16)27-20(23,24)19(21)22/h4-11,13,18-19H,2-3,12,14H2,1H3. The summed E-state index contributed by atoms with van der Waals surface area (Å²) in [6, 6.07) is 14.0. The molecule has 1 atom stereocenters. The molecule has 0 spiro atoms. The lowest BCUT2D eigenvalue weighted by Crippen LogP contribution is -2.33. The molecule has 2 aromatic carbocycles. The van der Waals surface area contributed by atoms with Gasteiger partial charge in [-0.05, 0) is 29.7 Å². The zero-order valence-electron chi connectivity index (χ0n) is 15.3. The molecule has 0 N–H and O–H groups in total. The number of hydrogen-bond donors (Lipinski definition) is 0. The second-order valence-corrected chi connectivity index (χ2v) is 8.70. The Kier molecular flexibility index (Phi) is 7.46. The Morgan fingerprint density at radius 3 is 2.25 bits per heavy atom.